The number of nitrogens with one attached hydrogen (secondary N) is 1. The highest BCUT2D eigenvalue weighted by molar-refractivity contribution is 7.92. The number of carbonyl (C=O) groups is 2. The number of nitrogens with zero attached hydrogens (tertiary/aromatic N) is 1. The van der Waals surface area contributed by atoms with Gasteiger partial charge in [-0.3, -0.25) is 14.3 Å². The Morgan fingerprint density at radius 3 is 2.34 bits per heavy atom. The first-order valence-electron chi connectivity index (χ1n) is 8.79. The largest absolute Gasteiger partial charge is 0.496 e. The molecule has 1 fully saturated rings. The highest BCUT2D eigenvalue weighted by atomic mass is 32.2. The van der Waals surface area contributed by atoms with E-state index in [2.05, 4.69) is 4.72 Å². The van der Waals surface area contributed by atoms with Gasteiger partial charge < -0.3 is 20.1 Å². The molecule has 0 unspecified atom stereocenters. The molecule has 0 bridgehead atoms. The number of methoxy groups -OCH3 is 1. The Bertz CT molecular complexity index is 1010. The second-order valence-corrected chi connectivity index (χ2v) is 8.00. The lowest BCUT2D eigenvalue weighted by atomic mass is 10.1. The summed E-state index contributed by atoms with van der Waals surface area (Å²) in [5.41, 5.74) is 5.85. The molecule has 0 atom stereocenters. The van der Waals surface area contributed by atoms with Crippen molar-refractivity contribution in [2.75, 3.05) is 38.1 Å². The molecule has 3 N–H and O–H groups in total. The molecule has 9 nitrogen and oxygen atoms in total. The first-order chi connectivity index (χ1) is 13.8. The fraction of sp³-hybridized carbons (Fsp3) is 0.263. The quantitative estimate of drug-likeness (QED) is 0.721. The van der Waals surface area contributed by atoms with Crippen LogP contribution in [0, 0.1) is 0 Å². The van der Waals surface area contributed by atoms with Gasteiger partial charge in [0.05, 0.1) is 30.8 Å². The van der Waals surface area contributed by atoms with Crippen LogP contribution in [0.2, 0.25) is 0 Å². The van der Waals surface area contributed by atoms with Gasteiger partial charge in [-0.1, -0.05) is 0 Å². The molecular weight excluding hydrogens is 398 g/mol. The van der Waals surface area contributed by atoms with Crippen LogP contribution in [0.25, 0.3) is 0 Å². The molecular formula is C19H21N3O6S. The van der Waals surface area contributed by atoms with Gasteiger partial charge in [-0.2, -0.15) is 0 Å². The number of amides is 2. The van der Waals surface area contributed by atoms with Crippen LogP contribution in [0.1, 0.15) is 20.7 Å². The van der Waals surface area contributed by atoms with Crippen LogP contribution in [0.15, 0.2) is 47.4 Å². The molecule has 2 aromatic rings. The van der Waals surface area contributed by atoms with E-state index < -0.39 is 15.9 Å². The summed E-state index contributed by atoms with van der Waals surface area (Å²) in [7, 11) is -2.56. The Kier molecular flexibility index (Phi) is 6.04. The van der Waals surface area contributed by atoms with Crippen LogP contribution in [0.3, 0.4) is 0 Å². The second-order valence-electron chi connectivity index (χ2n) is 6.31. The van der Waals surface area contributed by atoms with Crippen LogP contribution in [0.4, 0.5) is 5.69 Å². The summed E-state index contributed by atoms with van der Waals surface area (Å²) in [5, 5.41) is 0. The van der Waals surface area contributed by atoms with Crippen molar-refractivity contribution in [2.24, 2.45) is 5.73 Å². The molecule has 29 heavy (non-hydrogen) atoms. The Labute approximate surface area is 168 Å². The van der Waals surface area contributed by atoms with Crippen LogP contribution in [-0.4, -0.2) is 58.5 Å². The van der Waals surface area contributed by atoms with Gasteiger partial charge >= 0.3 is 0 Å². The number of nitrogens with two attached hydrogens (primary N) is 1. The Hall–Kier alpha value is -3.11. The zero-order valence-electron chi connectivity index (χ0n) is 15.8. The molecule has 0 spiro atoms. The van der Waals surface area contributed by atoms with E-state index in [0.717, 1.165) is 0 Å². The lowest BCUT2D eigenvalue weighted by Gasteiger charge is -2.27. The van der Waals surface area contributed by atoms with Crippen LogP contribution < -0.4 is 15.2 Å². The number of hydrogen-bond donors (Lipinski definition) is 2. The van der Waals surface area contributed by atoms with Crippen molar-refractivity contribution in [1.29, 1.82) is 0 Å². The van der Waals surface area contributed by atoms with Crippen molar-refractivity contribution in [3.8, 4) is 5.75 Å². The number of sulfonamides is 1. The third-order valence-corrected chi connectivity index (χ3v) is 5.81. The van der Waals surface area contributed by atoms with E-state index in [1.807, 2.05) is 0 Å². The highest BCUT2D eigenvalue weighted by Crippen LogP contribution is 2.26. The summed E-state index contributed by atoms with van der Waals surface area (Å²) >= 11 is 0. The lowest BCUT2D eigenvalue weighted by molar-refractivity contribution is 0.0300. The predicted octanol–water partition coefficient (Wildman–Crippen LogP) is 1.07. The van der Waals surface area contributed by atoms with Crippen molar-refractivity contribution in [2.45, 2.75) is 4.90 Å². The first kappa shape index (κ1) is 20.6. The van der Waals surface area contributed by atoms with E-state index in [4.69, 9.17) is 15.2 Å². The van der Waals surface area contributed by atoms with Crippen molar-refractivity contribution < 1.29 is 27.5 Å². The summed E-state index contributed by atoms with van der Waals surface area (Å²) in [6.07, 6.45) is 0. The lowest BCUT2D eigenvalue weighted by Crippen LogP contribution is -2.40. The maximum atomic E-state index is 12.8. The number of ether oxygens (including phenoxy) is 2. The van der Waals surface area contributed by atoms with Crippen LogP contribution in [0.5, 0.6) is 5.75 Å². The van der Waals surface area contributed by atoms with Crippen molar-refractivity contribution in [1.82, 2.24) is 4.90 Å². The van der Waals surface area contributed by atoms with E-state index in [0.29, 0.717) is 26.3 Å². The molecule has 0 aliphatic carbocycles. The first-order valence-corrected chi connectivity index (χ1v) is 10.3. The Morgan fingerprint density at radius 2 is 1.76 bits per heavy atom. The number of hydrogen-bond acceptors (Lipinski definition) is 6. The Morgan fingerprint density at radius 1 is 1.10 bits per heavy atom. The molecule has 0 radical (unpaired) electrons. The summed E-state index contributed by atoms with van der Waals surface area (Å²) in [5.74, 6) is -0.653. The third-order valence-electron chi connectivity index (χ3n) is 4.43. The van der Waals surface area contributed by atoms with Crippen LogP contribution in [-0.2, 0) is 14.8 Å². The maximum Gasteiger partial charge on any atom is 0.261 e. The number of primary amides is 1. The van der Waals surface area contributed by atoms with E-state index in [1.165, 1.54) is 49.6 Å². The minimum absolute atomic E-state index is 0.0890. The van der Waals surface area contributed by atoms with Gasteiger partial charge in [0, 0.05) is 24.3 Å². The maximum absolute atomic E-state index is 12.8. The monoisotopic (exact) mass is 419 g/mol. The average Bonchev–Trinajstić information content (AvgIpc) is 2.73. The molecule has 1 saturated heterocycles. The second kappa shape index (κ2) is 8.50. The van der Waals surface area contributed by atoms with Crippen molar-refractivity contribution >= 4 is 27.5 Å². The summed E-state index contributed by atoms with van der Waals surface area (Å²) in [6, 6.07) is 9.79. The Balaban J connectivity index is 1.88. The third kappa shape index (κ3) is 4.66. The minimum atomic E-state index is -3.98. The smallest absolute Gasteiger partial charge is 0.261 e. The molecule has 1 aliphatic rings. The van der Waals surface area contributed by atoms with E-state index in [1.54, 1.807) is 4.90 Å². The fourth-order valence-corrected chi connectivity index (χ4v) is 3.96. The van der Waals surface area contributed by atoms with Crippen molar-refractivity contribution in [3.63, 3.8) is 0 Å². The van der Waals surface area contributed by atoms with Gasteiger partial charge in [0.2, 0.25) is 5.91 Å². The molecule has 2 amide bonds. The molecule has 0 aromatic heterocycles. The summed E-state index contributed by atoms with van der Waals surface area (Å²) in [6.45, 7) is 1.69. The SMILES string of the molecule is COc1ccc(S(=O)(=O)Nc2ccc(C(N)=O)cc2)cc1C(=O)N1CCOCC1. The fourth-order valence-electron chi connectivity index (χ4n) is 2.87. The van der Waals surface area contributed by atoms with Gasteiger partial charge in [-0.25, -0.2) is 8.42 Å². The number of anilines is 1. The molecule has 1 aliphatic heterocycles. The number of carbonyl (C=O) groups excluding carboxylic acids is 2. The molecule has 1 heterocycles. The van der Waals surface area contributed by atoms with E-state index in [-0.39, 0.29) is 33.4 Å². The van der Waals surface area contributed by atoms with E-state index >= 15 is 0 Å². The zero-order valence-corrected chi connectivity index (χ0v) is 16.6. The van der Waals surface area contributed by atoms with Gasteiger partial charge in [0.15, 0.2) is 0 Å². The van der Waals surface area contributed by atoms with Gasteiger partial charge in [0.25, 0.3) is 15.9 Å². The van der Waals surface area contributed by atoms with Crippen molar-refractivity contribution in [3.05, 3.63) is 53.6 Å². The zero-order chi connectivity index (χ0) is 21.0. The standard InChI is InChI=1S/C19H21N3O6S/c1-27-17-7-6-15(12-16(17)19(24)22-8-10-28-11-9-22)29(25,26)21-14-4-2-13(3-5-14)18(20)23/h2-7,12,21H,8-11H2,1H3,(H2,20,23). The predicted molar refractivity (Wildman–Crippen MR) is 105 cm³/mol. The number of rotatable bonds is 6. The van der Waals surface area contributed by atoms with Gasteiger partial charge in [-0.15, -0.1) is 0 Å². The summed E-state index contributed by atoms with van der Waals surface area (Å²) < 4.78 is 38.5. The molecule has 154 valence electrons. The molecule has 2 aromatic carbocycles. The van der Waals surface area contributed by atoms with Crippen LogP contribution >= 0.6 is 0 Å². The minimum Gasteiger partial charge on any atom is -0.496 e. The van der Waals surface area contributed by atoms with E-state index in [9.17, 15) is 18.0 Å². The van der Waals surface area contributed by atoms with Gasteiger partial charge in [-0.05, 0) is 42.5 Å². The number of morpholine rings is 1. The molecule has 3 rings (SSSR count). The summed E-state index contributed by atoms with van der Waals surface area (Å²) in [4.78, 5) is 25.5. The highest BCUT2D eigenvalue weighted by Gasteiger charge is 2.24. The topological polar surface area (TPSA) is 128 Å². The number of benzene rings is 2. The molecule has 10 heteroatoms. The normalized spacial score (nSPS) is 14.3. The average molecular weight is 419 g/mol. The molecule has 0 saturated carbocycles. The van der Waals surface area contributed by atoms with Gasteiger partial charge in [0.1, 0.15) is 5.75 Å².